The predicted octanol–water partition coefficient (Wildman–Crippen LogP) is 17.5. The molecular weight excluding hydrogens is 1420 g/mol. The zero-order chi connectivity index (χ0) is 58.7. The maximum Gasteiger partial charge on any atom is 0.273 e. The Morgan fingerprint density at radius 3 is 0.727 bits per heavy atom. The van der Waals surface area contributed by atoms with Crippen LogP contribution in [-0.2, 0) is 141 Å². The molecule has 22 heteroatoms. The Hall–Kier alpha value is -4.06. The van der Waals surface area contributed by atoms with Crippen molar-refractivity contribution in [3.63, 3.8) is 0 Å². The van der Waals surface area contributed by atoms with Gasteiger partial charge in [0.25, 0.3) is 22.7 Å². The van der Waals surface area contributed by atoms with E-state index in [1.807, 2.05) is 146 Å². The third-order valence-corrected chi connectivity index (χ3v) is 15.6. The minimum atomic E-state index is -0.343. The molecular formula is C66H90N8O10Y4-4. The second kappa shape index (κ2) is 42.1. The van der Waals surface area contributed by atoms with Crippen LogP contribution in [0.25, 0.3) is 0 Å². The minimum absolute atomic E-state index is 0. The molecule has 0 bridgehead atoms. The summed E-state index contributed by atoms with van der Waals surface area (Å²) in [5, 5.41) is 58.2. The van der Waals surface area contributed by atoms with Crippen molar-refractivity contribution in [2.24, 2.45) is 0 Å². The summed E-state index contributed by atoms with van der Waals surface area (Å²) in [4.78, 5) is 53.5. The van der Waals surface area contributed by atoms with Crippen molar-refractivity contribution in [1.82, 2.24) is 21.3 Å². The van der Waals surface area contributed by atoms with Crippen molar-refractivity contribution >= 4 is 22.7 Å². The van der Waals surface area contributed by atoms with Gasteiger partial charge < -0.3 is 51.0 Å². The average molecular weight is 1510 g/mol. The van der Waals surface area contributed by atoms with Gasteiger partial charge in [-0.25, -0.2) is 9.78 Å². The predicted molar refractivity (Wildman–Crippen MR) is 343 cm³/mol. The minimum Gasteiger partial charge on any atom is -0.363 e. The van der Waals surface area contributed by atoms with Crippen LogP contribution in [0.2, 0.25) is 0 Å². The summed E-state index contributed by atoms with van der Waals surface area (Å²) in [7, 11) is 1.44. The van der Waals surface area contributed by atoms with E-state index in [1.165, 1.54) is 13.2 Å². The first kappa shape index (κ1) is 92.7. The smallest absolute Gasteiger partial charge is 0.273 e. The van der Waals surface area contributed by atoms with Gasteiger partial charge in [0.2, 0.25) is 0 Å². The van der Waals surface area contributed by atoms with Gasteiger partial charge in [-0.15, -0.1) is 0 Å². The number of hydrogen-bond acceptors (Lipinski definition) is 14. The van der Waals surface area contributed by atoms with Crippen LogP contribution in [0.15, 0.2) is 187 Å². The van der Waals surface area contributed by atoms with Gasteiger partial charge in [-0.1, -0.05) is 80.2 Å². The van der Waals surface area contributed by atoms with E-state index in [2.05, 4.69) is 21.3 Å². The van der Waals surface area contributed by atoms with E-state index in [9.17, 15) is 40.5 Å². The molecule has 4 N–H and O–H groups in total. The molecule has 8 rings (SSSR count). The van der Waals surface area contributed by atoms with Crippen LogP contribution in [-0.4, -0.2) is 33.4 Å². The Labute approximate surface area is 625 Å². The van der Waals surface area contributed by atoms with Crippen LogP contribution < -0.4 is 21.3 Å². The molecule has 4 heterocycles. The third-order valence-electron chi connectivity index (χ3n) is 15.6. The van der Waals surface area contributed by atoms with Gasteiger partial charge >= 0.3 is 0 Å². The fourth-order valence-corrected chi connectivity index (χ4v) is 10.6. The maximum atomic E-state index is 11.4. The molecule has 4 aliphatic rings. The number of dihydropyridines is 4. The molecule has 4 aliphatic heterocycles. The standard InChI is InChI=1S/C16H20N2O4.3C15H18N2O2.CH4.4CH3.4Y/c1-10-11(2)17-12(3)14(9-22-21-4)16(10)13-7-5-6-8-15(13)18(19)20;3*1-9-11(3)16-12(4)10(2)15(9)13-7-5-6-8-14(13)17(18)19;;;;;;;;;/h5-8,16-17H,9H2,1-4H3;3*5-8,15-16H,1-4H3;1H4;4*1H3;;;;/q;;;;;4*-1;;;;. The molecule has 18 nitrogen and oxygen atoms in total. The van der Waals surface area contributed by atoms with Crippen molar-refractivity contribution in [1.29, 1.82) is 0 Å². The van der Waals surface area contributed by atoms with Crippen molar-refractivity contribution in [2.45, 2.75) is 135 Å². The number of nitro groups is 4. The van der Waals surface area contributed by atoms with Crippen LogP contribution in [0, 0.1) is 70.2 Å². The maximum absolute atomic E-state index is 11.4. The van der Waals surface area contributed by atoms with E-state index < -0.39 is 0 Å². The Bertz CT molecular complexity index is 3020. The van der Waals surface area contributed by atoms with Crippen molar-refractivity contribution in [2.75, 3.05) is 13.7 Å². The van der Waals surface area contributed by atoms with E-state index in [0.717, 1.165) is 107 Å². The topological polar surface area (TPSA) is 239 Å². The van der Waals surface area contributed by atoms with Crippen LogP contribution in [0.3, 0.4) is 0 Å². The summed E-state index contributed by atoms with van der Waals surface area (Å²) >= 11 is 0. The first-order chi connectivity index (χ1) is 37.3. The fraction of sp³-hybridized carbons (Fsp3) is 0.333. The van der Waals surface area contributed by atoms with Gasteiger partial charge in [-0.3, -0.25) is 40.5 Å². The average Bonchev–Trinajstić information content (AvgIpc) is 2.00. The molecule has 1 atom stereocenters. The number of allylic oxidation sites excluding steroid dienone is 15. The summed E-state index contributed by atoms with van der Waals surface area (Å²) in [5.74, 6) is -0.230. The summed E-state index contributed by atoms with van der Waals surface area (Å²) < 4.78 is 0. The third kappa shape index (κ3) is 22.1. The Balaban J connectivity index is -0.000000337. The fourth-order valence-electron chi connectivity index (χ4n) is 10.6. The van der Waals surface area contributed by atoms with E-state index in [0.29, 0.717) is 5.56 Å². The van der Waals surface area contributed by atoms with Crippen molar-refractivity contribution in [3.05, 3.63) is 280 Å². The van der Waals surface area contributed by atoms with Gasteiger partial charge in [-0.05, 0) is 148 Å². The molecule has 470 valence electrons. The molecule has 0 spiro atoms. The SMILES string of the molecule is C.CC1=C(C)C(c2ccccc2[N+](=O)[O-])C(C)=C(C)N1.CC1=C(C)C(c2ccccc2[N+](=O)[O-])C(C)=C(C)N1.CC1=C(C)C(c2ccccc2[N+](=O)[O-])C(C)=C(C)N1.COOCC1=C(C)NC(C)=C(C)C1c1ccccc1[N+](=O)[O-].[CH3-].[CH3-].[CH3-].[CH3-].[Y].[Y].[Y].[Y]. The van der Waals surface area contributed by atoms with E-state index in [1.54, 1.807) is 48.5 Å². The zero-order valence-corrected chi connectivity index (χ0v) is 65.8. The molecule has 0 saturated carbocycles. The molecule has 0 saturated heterocycles. The largest absolute Gasteiger partial charge is 0.363 e. The number of nitrogens with zero attached hydrogens (tertiary/aromatic N) is 4. The molecule has 4 aromatic carbocycles. The Kier molecular flexibility index (Phi) is 44.4. The van der Waals surface area contributed by atoms with Gasteiger partial charge in [0.05, 0.1) is 26.8 Å². The van der Waals surface area contributed by atoms with Crippen LogP contribution in [0.5, 0.6) is 0 Å². The summed E-state index contributed by atoms with van der Waals surface area (Å²) in [6.45, 7) is 30.3. The number of benzene rings is 4. The van der Waals surface area contributed by atoms with E-state index in [-0.39, 0.29) is 241 Å². The molecule has 0 fully saturated rings. The quantitative estimate of drug-likeness (QED) is 0.0473. The first-order valence-corrected chi connectivity index (χ1v) is 25.8. The van der Waals surface area contributed by atoms with Gasteiger partial charge in [0.1, 0.15) is 6.61 Å². The second-order valence-corrected chi connectivity index (χ2v) is 20.2. The number of para-hydroxylation sites is 4. The Morgan fingerprint density at radius 2 is 0.523 bits per heavy atom. The molecule has 0 aliphatic carbocycles. The first-order valence-electron chi connectivity index (χ1n) is 25.8. The normalized spacial score (nSPS) is 15.4. The van der Waals surface area contributed by atoms with Gasteiger partial charge in [0.15, 0.2) is 0 Å². The van der Waals surface area contributed by atoms with Gasteiger partial charge in [-0.2, -0.15) is 0 Å². The summed E-state index contributed by atoms with van der Waals surface area (Å²) in [5.41, 5.74) is 20.8. The summed E-state index contributed by atoms with van der Waals surface area (Å²) in [6.07, 6.45) is 0. The van der Waals surface area contributed by atoms with Crippen molar-refractivity contribution in [3.8, 4) is 0 Å². The molecule has 4 aromatic rings. The molecule has 1 unspecified atom stereocenters. The second-order valence-electron chi connectivity index (χ2n) is 20.2. The van der Waals surface area contributed by atoms with Crippen LogP contribution in [0.1, 0.15) is 157 Å². The molecule has 0 aromatic heterocycles. The summed E-state index contributed by atoms with van der Waals surface area (Å²) in [6, 6.07) is 27.8. The number of rotatable bonds is 11. The van der Waals surface area contributed by atoms with Gasteiger partial charge in [0, 0.05) is 247 Å². The molecule has 88 heavy (non-hydrogen) atoms. The molecule has 4 radical (unpaired) electrons. The van der Waals surface area contributed by atoms with E-state index in [4.69, 9.17) is 9.78 Å². The zero-order valence-electron chi connectivity index (χ0n) is 54.4. The monoisotopic (exact) mass is 1510 g/mol. The Morgan fingerprint density at radius 1 is 0.341 bits per heavy atom. The number of nitro benzene ring substituents is 4. The van der Waals surface area contributed by atoms with Crippen molar-refractivity contribution < 1.29 is 160 Å². The van der Waals surface area contributed by atoms with Crippen LogP contribution >= 0.6 is 0 Å². The molecule has 0 amide bonds. The number of nitrogens with one attached hydrogen (secondary N) is 4. The van der Waals surface area contributed by atoms with Crippen LogP contribution in [0.4, 0.5) is 22.7 Å². The van der Waals surface area contributed by atoms with E-state index >= 15 is 0 Å². The number of hydrogen-bond donors (Lipinski definition) is 4.